The molecule has 0 unspecified atom stereocenters. The molecule has 1 N–H and O–H groups in total. The maximum atomic E-state index is 13.5. The highest BCUT2D eigenvalue weighted by Crippen LogP contribution is 2.32. The van der Waals surface area contributed by atoms with Crippen LogP contribution in [0.2, 0.25) is 0 Å². The van der Waals surface area contributed by atoms with Crippen LogP contribution < -0.4 is 11.0 Å². The van der Waals surface area contributed by atoms with E-state index < -0.39 is 17.3 Å². The summed E-state index contributed by atoms with van der Waals surface area (Å²) in [6.45, 7) is 0. The SMILES string of the molecule is O=C(Cc1ccc(F)cc1)Nn1c(CC2CC2)nc2cc(F)ccc2c1=O. The lowest BCUT2D eigenvalue weighted by molar-refractivity contribution is -0.116. The molecule has 1 aliphatic rings. The van der Waals surface area contributed by atoms with Crippen molar-refractivity contribution in [2.75, 3.05) is 5.43 Å². The fraction of sp³-hybridized carbons (Fsp3) is 0.250. The summed E-state index contributed by atoms with van der Waals surface area (Å²) in [5.41, 5.74) is 3.06. The third-order valence-electron chi connectivity index (χ3n) is 4.58. The Kier molecular flexibility index (Phi) is 4.43. The van der Waals surface area contributed by atoms with Gasteiger partial charge in [-0.25, -0.2) is 18.4 Å². The first-order chi connectivity index (χ1) is 13.0. The first kappa shape index (κ1) is 17.3. The average molecular weight is 369 g/mol. The maximum absolute atomic E-state index is 13.5. The monoisotopic (exact) mass is 369 g/mol. The van der Waals surface area contributed by atoms with Crippen LogP contribution in [-0.2, 0) is 17.6 Å². The maximum Gasteiger partial charge on any atom is 0.280 e. The third-order valence-corrected chi connectivity index (χ3v) is 4.58. The van der Waals surface area contributed by atoms with Crippen LogP contribution in [-0.4, -0.2) is 15.6 Å². The van der Waals surface area contributed by atoms with Crippen LogP contribution in [0, 0.1) is 17.6 Å². The minimum absolute atomic E-state index is 0.00293. The molecular formula is C20H17F2N3O2. The van der Waals surface area contributed by atoms with Crippen LogP contribution in [0.1, 0.15) is 24.2 Å². The molecule has 1 amide bonds. The Labute approximate surface area is 153 Å². The number of halogens is 2. The molecule has 4 rings (SSSR count). The predicted molar refractivity (Wildman–Crippen MR) is 96.9 cm³/mol. The quantitative estimate of drug-likeness (QED) is 0.752. The fourth-order valence-corrected chi connectivity index (χ4v) is 2.99. The Hall–Kier alpha value is -3.09. The molecule has 0 bridgehead atoms. The number of hydrogen-bond acceptors (Lipinski definition) is 3. The van der Waals surface area contributed by atoms with E-state index in [1.165, 1.54) is 42.5 Å². The van der Waals surface area contributed by atoms with Gasteiger partial charge in [0.15, 0.2) is 0 Å². The molecule has 0 radical (unpaired) electrons. The summed E-state index contributed by atoms with van der Waals surface area (Å²) in [5, 5.41) is 0.234. The second kappa shape index (κ2) is 6.90. The largest absolute Gasteiger partial charge is 0.280 e. The number of aromatic nitrogens is 2. The van der Waals surface area contributed by atoms with Gasteiger partial charge in [0.2, 0.25) is 5.91 Å². The lowest BCUT2D eigenvalue weighted by atomic mass is 10.1. The summed E-state index contributed by atoms with van der Waals surface area (Å²) >= 11 is 0. The summed E-state index contributed by atoms with van der Waals surface area (Å²) in [4.78, 5) is 29.6. The van der Waals surface area contributed by atoms with Crippen molar-refractivity contribution in [2.45, 2.75) is 25.7 Å². The number of amides is 1. The van der Waals surface area contributed by atoms with E-state index in [4.69, 9.17) is 0 Å². The van der Waals surface area contributed by atoms with E-state index in [1.807, 2.05) is 0 Å². The molecule has 27 heavy (non-hydrogen) atoms. The molecule has 1 heterocycles. The van der Waals surface area contributed by atoms with E-state index in [1.54, 1.807) is 0 Å². The number of rotatable bonds is 5. The molecule has 0 atom stereocenters. The van der Waals surface area contributed by atoms with Gasteiger partial charge in [0, 0.05) is 12.5 Å². The lowest BCUT2D eigenvalue weighted by Crippen LogP contribution is -2.37. The van der Waals surface area contributed by atoms with Crippen LogP contribution in [0.3, 0.4) is 0 Å². The van der Waals surface area contributed by atoms with E-state index in [2.05, 4.69) is 10.4 Å². The first-order valence-electron chi connectivity index (χ1n) is 8.75. The zero-order valence-electron chi connectivity index (χ0n) is 14.4. The fourth-order valence-electron chi connectivity index (χ4n) is 2.99. The minimum Gasteiger partial charge on any atom is -0.273 e. The van der Waals surface area contributed by atoms with Gasteiger partial charge in [-0.15, -0.1) is 0 Å². The standard InChI is InChI=1S/C20H17F2N3O2/c21-14-5-3-13(4-6-14)10-19(26)24-25-18(9-12-1-2-12)23-17-11-15(22)7-8-16(17)20(25)27/h3-8,11-12H,1-2,9-10H2,(H,24,26). The summed E-state index contributed by atoms with van der Waals surface area (Å²) in [6.07, 6.45) is 2.62. The average Bonchev–Trinajstić information content (AvgIpc) is 3.44. The second-order valence-corrected chi connectivity index (χ2v) is 6.82. The van der Waals surface area contributed by atoms with Crippen molar-refractivity contribution in [3.8, 4) is 0 Å². The van der Waals surface area contributed by atoms with Gasteiger partial charge in [-0.05, 0) is 48.6 Å². The minimum atomic E-state index is -0.468. The van der Waals surface area contributed by atoms with Gasteiger partial charge < -0.3 is 0 Å². The van der Waals surface area contributed by atoms with E-state index in [0.717, 1.165) is 17.5 Å². The Morgan fingerprint density at radius 3 is 2.52 bits per heavy atom. The number of nitrogens with one attached hydrogen (secondary N) is 1. The smallest absolute Gasteiger partial charge is 0.273 e. The number of carbonyl (C=O) groups excluding carboxylic acids is 1. The van der Waals surface area contributed by atoms with Crippen LogP contribution in [0.15, 0.2) is 47.3 Å². The molecule has 1 aromatic heterocycles. The van der Waals surface area contributed by atoms with Gasteiger partial charge >= 0.3 is 0 Å². The molecule has 0 aliphatic heterocycles. The van der Waals surface area contributed by atoms with Crippen molar-refractivity contribution in [3.05, 3.63) is 75.8 Å². The van der Waals surface area contributed by atoms with Crippen LogP contribution in [0.5, 0.6) is 0 Å². The Morgan fingerprint density at radius 1 is 1.11 bits per heavy atom. The summed E-state index contributed by atoms with van der Waals surface area (Å²) < 4.78 is 27.7. The molecule has 7 heteroatoms. The van der Waals surface area contributed by atoms with Crippen LogP contribution in [0.25, 0.3) is 10.9 Å². The van der Waals surface area contributed by atoms with Gasteiger partial charge in [0.25, 0.3) is 5.56 Å². The van der Waals surface area contributed by atoms with E-state index in [-0.39, 0.29) is 23.1 Å². The Balaban J connectivity index is 1.67. The summed E-state index contributed by atoms with van der Waals surface area (Å²) in [7, 11) is 0. The molecule has 3 aromatic rings. The second-order valence-electron chi connectivity index (χ2n) is 6.82. The lowest BCUT2D eigenvalue weighted by Gasteiger charge is -2.14. The van der Waals surface area contributed by atoms with Gasteiger partial charge in [-0.3, -0.25) is 15.0 Å². The number of hydrogen-bond donors (Lipinski definition) is 1. The van der Waals surface area contributed by atoms with E-state index in [0.29, 0.717) is 23.7 Å². The van der Waals surface area contributed by atoms with Crippen molar-refractivity contribution < 1.29 is 13.6 Å². The number of fused-ring (bicyclic) bond motifs is 1. The zero-order chi connectivity index (χ0) is 19.0. The first-order valence-corrected chi connectivity index (χ1v) is 8.75. The van der Waals surface area contributed by atoms with E-state index >= 15 is 0 Å². The summed E-state index contributed by atoms with van der Waals surface area (Å²) in [5.74, 6) is -0.432. The number of carbonyl (C=O) groups is 1. The Bertz CT molecular complexity index is 1070. The molecule has 5 nitrogen and oxygen atoms in total. The predicted octanol–water partition coefficient (Wildman–Crippen LogP) is 2.94. The molecule has 1 saturated carbocycles. The molecule has 138 valence electrons. The third kappa shape index (κ3) is 3.86. The highest BCUT2D eigenvalue weighted by molar-refractivity contribution is 5.86. The van der Waals surface area contributed by atoms with Gasteiger partial charge in [-0.2, -0.15) is 0 Å². The highest BCUT2D eigenvalue weighted by Gasteiger charge is 2.25. The Morgan fingerprint density at radius 2 is 1.81 bits per heavy atom. The normalized spacial score (nSPS) is 13.7. The van der Waals surface area contributed by atoms with Crippen molar-refractivity contribution in [1.82, 2.24) is 9.66 Å². The number of nitrogens with zero attached hydrogens (tertiary/aromatic N) is 2. The van der Waals surface area contributed by atoms with Crippen molar-refractivity contribution in [3.63, 3.8) is 0 Å². The molecule has 1 fully saturated rings. The summed E-state index contributed by atoms with van der Waals surface area (Å²) in [6, 6.07) is 9.37. The number of benzene rings is 2. The van der Waals surface area contributed by atoms with Crippen molar-refractivity contribution in [2.24, 2.45) is 5.92 Å². The van der Waals surface area contributed by atoms with Gasteiger partial charge in [-0.1, -0.05) is 12.1 Å². The molecule has 1 aliphatic carbocycles. The molecular weight excluding hydrogens is 352 g/mol. The topological polar surface area (TPSA) is 64.0 Å². The highest BCUT2D eigenvalue weighted by atomic mass is 19.1. The van der Waals surface area contributed by atoms with Crippen LogP contribution >= 0.6 is 0 Å². The molecule has 0 saturated heterocycles. The van der Waals surface area contributed by atoms with Gasteiger partial charge in [0.1, 0.15) is 17.5 Å². The molecule has 2 aromatic carbocycles. The molecule has 0 spiro atoms. The van der Waals surface area contributed by atoms with Crippen molar-refractivity contribution >= 4 is 16.8 Å². The van der Waals surface area contributed by atoms with Crippen molar-refractivity contribution in [1.29, 1.82) is 0 Å². The van der Waals surface area contributed by atoms with Gasteiger partial charge in [0.05, 0.1) is 17.3 Å². The van der Waals surface area contributed by atoms with Crippen LogP contribution in [0.4, 0.5) is 8.78 Å². The van der Waals surface area contributed by atoms with E-state index in [9.17, 15) is 18.4 Å². The zero-order valence-corrected chi connectivity index (χ0v) is 14.4.